The lowest BCUT2D eigenvalue weighted by molar-refractivity contribution is -0.184. The number of piperidine rings is 1. The number of aliphatic carboxylic acids is 2. The van der Waals surface area contributed by atoms with Gasteiger partial charge in [-0.2, -0.15) is 0 Å². The first-order valence-corrected chi connectivity index (χ1v) is 14.0. The van der Waals surface area contributed by atoms with Gasteiger partial charge in [-0.05, 0) is 51.1 Å². The lowest BCUT2D eigenvalue weighted by Gasteiger charge is -2.61. The molecule has 0 radical (unpaired) electrons. The third-order valence-electron chi connectivity index (χ3n) is 8.90. The van der Waals surface area contributed by atoms with E-state index in [0.29, 0.717) is 30.9 Å². The van der Waals surface area contributed by atoms with Crippen LogP contribution in [-0.4, -0.2) is 112 Å². The molecule has 238 valence electrons. The zero-order valence-corrected chi connectivity index (χ0v) is 24.2. The lowest BCUT2D eigenvalue weighted by atomic mass is 9.50. The summed E-state index contributed by atoms with van der Waals surface area (Å²) in [6.45, 7) is 1.66. The summed E-state index contributed by atoms with van der Waals surface area (Å²) in [6, 6.07) is 3.45. The highest BCUT2D eigenvalue weighted by Gasteiger charge is 2.72. The van der Waals surface area contributed by atoms with Crippen LogP contribution in [0, 0.1) is 0 Å². The molecule has 0 amide bonds. The van der Waals surface area contributed by atoms with Crippen molar-refractivity contribution in [3.63, 3.8) is 0 Å². The maximum absolute atomic E-state index is 13.2. The van der Waals surface area contributed by atoms with Crippen LogP contribution in [0.2, 0.25) is 0 Å². The number of carbonyl (C=O) groups is 5. The van der Waals surface area contributed by atoms with E-state index in [9.17, 15) is 39.3 Å². The van der Waals surface area contributed by atoms with Gasteiger partial charge in [-0.25, -0.2) is 14.4 Å². The molecule has 44 heavy (non-hydrogen) atoms. The Morgan fingerprint density at radius 3 is 2.43 bits per heavy atom. The van der Waals surface area contributed by atoms with E-state index in [2.05, 4.69) is 4.90 Å². The van der Waals surface area contributed by atoms with Gasteiger partial charge in [-0.1, -0.05) is 6.07 Å². The summed E-state index contributed by atoms with van der Waals surface area (Å²) in [5, 5.41) is 40.0. The summed E-state index contributed by atoms with van der Waals surface area (Å²) < 4.78 is 27.3. The number of ether oxygens (including phenoxy) is 5. The van der Waals surface area contributed by atoms with Crippen LogP contribution >= 0.6 is 0 Å². The molecule has 4 N–H and O–H groups in total. The van der Waals surface area contributed by atoms with Crippen molar-refractivity contribution in [3.8, 4) is 11.5 Å². The highest BCUT2D eigenvalue weighted by molar-refractivity contribution is 5.88. The molecule has 1 spiro atoms. The van der Waals surface area contributed by atoms with Crippen molar-refractivity contribution >= 4 is 29.8 Å². The number of hydrogen-bond acceptors (Lipinski definition) is 13. The molecule has 1 saturated heterocycles. The Morgan fingerprint density at radius 2 is 1.80 bits per heavy atom. The SMILES string of the molecule is COc1ccc2c3c1O[C@H]1C(OC(=O)CC(OC(=O)C(C)O)C(=O)OC(CC(=O)O)C(=O)O)=CC[C@@]4(O)[C@@H](C2)N(C)CC[C@]314. The largest absolute Gasteiger partial charge is 0.493 e. The standard InChI is InChI=1S/C29H33NO14/c1-13(31)26(37)43-18(27(38)42-17(25(35)36)11-20(32)33)12-21(34)41-16-6-7-29(39)19-10-14-4-5-15(40-3)23-22(14)28(29,24(16)44-23)8-9-30(19)2/h4-6,13,17-19,24,31,39H,7-12H2,1-3H3,(H,32,33)(H,35,36)/t13?,17?,18?,19-,24+,28+,29-/m1/s1. The van der Waals surface area contributed by atoms with Crippen LogP contribution in [0.15, 0.2) is 24.0 Å². The Morgan fingerprint density at radius 1 is 1.09 bits per heavy atom. The Labute approximate surface area is 250 Å². The molecule has 0 aromatic heterocycles. The molecule has 3 unspecified atom stereocenters. The zero-order valence-electron chi connectivity index (χ0n) is 24.2. The topological polar surface area (TPSA) is 216 Å². The summed E-state index contributed by atoms with van der Waals surface area (Å²) >= 11 is 0. The highest BCUT2D eigenvalue weighted by Crippen LogP contribution is 2.65. The van der Waals surface area contributed by atoms with E-state index in [4.69, 9.17) is 28.8 Å². The summed E-state index contributed by atoms with van der Waals surface area (Å²) in [5.41, 5.74) is -0.505. The molecule has 2 heterocycles. The van der Waals surface area contributed by atoms with E-state index in [1.54, 1.807) is 12.1 Å². The number of carbonyl (C=O) groups excluding carboxylic acids is 3. The molecule has 2 aliphatic heterocycles. The van der Waals surface area contributed by atoms with Crippen molar-refractivity contribution < 1.29 is 68.1 Å². The molecule has 4 aliphatic rings. The predicted octanol–water partition coefficient (Wildman–Crippen LogP) is -0.330. The van der Waals surface area contributed by atoms with Crippen molar-refractivity contribution in [1.82, 2.24) is 4.90 Å². The highest BCUT2D eigenvalue weighted by atomic mass is 16.6. The molecule has 1 fully saturated rings. The molecule has 7 atom stereocenters. The first-order valence-electron chi connectivity index (χ1n) is 14.0. The molecule has 1 aromatic rings. The molecule has 0 saturated carbocycles. The van der Waals surface area contributed by atoms with Gasteiger partial charge in [0.15, 0.2) is 17.6 Å². The van der Waals surface area contributed by atoms with Crippen molar-refractivity contribution in [2.24, 2.45) is 0 Å². The number of aliphatic hydroxyl groups excluding tert-OH is 1. The van der Waals surface area contributed by atoms with Crippen LogP contribution < -0.4 is 9.47 Å². The van der Waals surface area contributed by atoms with Gasteiger partial charge in [0.05, 0.1) is 31.0 Å². The van der Waals surface area contributed by atoms with Crippen molar-refractivity contribution in [2.75, 3.05) is 20.7 Å². The summed E-state index contributed by atoms with van der Waals surface area (Å²) in [6.07, 6.45) is -6.27. The average molecular weight is 620 g/mol. The number of likely N-dealkylation sites (N-methyl/N-ethyl adjacent to an activating group) is 1. The molecule has 1 aromatic carbocycles. The maximum Gasteiger partial charge on any atom is 0.348 e. The van der Waals surface area contributed by atoms with Gasteiger partial charge in [0.25, 0.3) is 0 Å². The van der Waals surface area contributed by atoms with Crippen LogP contribution in [0.5, 0.6) is 11.5 Å². The van der Waals surface area contributed by atoms with E-state index < -0.39 is 78.1 Å². The normalized spacial score (nSPS) is 28.2. The molecule has 5 rings (SSSR count). The number of benzene rings is 1. The minimum Gasteiger partial charge on any atom is -0.493 e. The van der Waals surface area contributed by atoms with Gasteiger partial charge in [0.1, 0.15) is 11.9 Å². The van der Waals surface area contributed by atoms with Crippen molar-refractivity contribution in [3.05, 3.63) is 35.1 Å². The monoisotopic (exact) mass is 619 g/mol. The Hall–Kier alpha value is -4.21. The summed E-state index contributed by atoms with van der Waals surface area (Å²) in [4.78, 5) is 62.7. The van der Waals surface area contributed by atoms with E-state index >= 15 is 0 Å². The van der Waals surface area contributed by atoms with Crippen LogP contribution in [0.1, 0.15) is 43.7 Å². The first-order chi connectivity index (χ1) is 20.7. The van der Waals surface area contributed by atoms with Crippen molar-refractivity contribution in [2.45, 2.75) is 80.5 Å². The van der Waals surface area contributed by atoms with E-state index in [1.807, 2.05) is 13.1 Å². The number of aliphatic hydroxyl groups is 2. The number of rotatable bonds is 11. The van der Waals surface area contributed by atoms with Crippen LogP contribution in [-0.2, 0) is 50.0 Å². The Kier molecular flexibility index (Phi) is 8.07. The average Bonchev–Trinajstić information content (AvgIpc) is 3.31. The zero-order chi connectivity index (χ0) is 32.1. The quantitative estimate of drug-likeness (QED) is 0.184. The van der Waals surface area contributed by atoms with Gasteiger partial charge in [-0.3, -0.25) is 9.59 Å². The molecular weight excluding hydrogens is 586 g/mol. The second-order valence-corrected chi connectivity index (χ2v) is 11.4. The number of likely N-dealkylation sites (tertiary alicyclic amines) is 1. The van der Waals surface area contributed by atoms with Gasteiger partial charge in [-0.15, -0.1) is 0 Å². The molecule has 2 bridgehead atoms. The second-order valence-electron chi connectivity index (χ2n) is 11.4. The third kappa shape index (κ3) is 4.94. The summed E-state index contributed by atoms with van der Waals surface area (Å²) in [5.74, 6) is -6.38. The maximum atomic E-state index is 13.2. The van der Waals surface area contributed by atoms with Gasteiger partial charge in [0, 0.05) is 18.0 Å². The minimum atomic E-state index is -2.14. The number of methoxy groups -OCH3 is 1. The number of nitrogens with zero attached hydrogens (tertiary/aromatic N) is 1. The fourth-order valence-electron chi connectivity index (χ4n) is 6.88. The number of carboxylic acids is 2. The summed E-state index contributed by atoms with van der Waals surface area (Å²) in [7, 11) is 3.43. The van der Waals surface area contributed by atoms with Crippen LogP contribution in [0.3, 0.4) is 0 Å². The second kappa shape index (κ2) is 11.4. The number of esters is 3. The molecule has 2 aliphatic carbocycles. The Bertz CT molecular complexity index is 1440. The number of hydrogen-bond donors (Lipinski definition) is 4. The lowest BCUT2D eigenvalue weighted by Crippen LogP contribution is -2.74. The van der Waals surface area contributed by atoms with Gasteiger partial charge in [0.2, 0.25) is 12.2 Å². The van der Waals surface area contributed by atoms with Gasteiger partial charge < -0.3 is 49.0 Å². The molecule has 15 heteroatoms. The van der Waals surface area contributed by atoms with Crippen molar-refractivity contribution in [1.29, 1.82) is 0 Å². The smallest absolute Gasteiger partial charge is 0.348 e. The molecular formula is C29H33NO14. The first kappa shape index (κ1) is 31.2. The fraction of sp³-hybridized carbons (Fsp3) is 0.552. The molecule has 15 nitrogen and oxygen atoms in total. The van der Waals surface area contributed by atoms with E-state index in [-0.39, 0.29) is 18.2 Å². The number of carboxylic acid groups (broad SMARTS) is 2. The van der Waals surface area contributed by atoms with Crippen LogP contribution in [0.25, 0.3) is 0 Å². The predicted molar refractivity (Wildman–Crippen MR) is 144 cm³/mol. The van der Waals surface area contributed by atoms with E-state index in [1.165, 1.54) is 7.11 Å². The Balaban J connectivity index is 1.42. The van der Waals surface area contributed by atoms with Gasteiger partial charge >= 0.3 is 29.8 Å². The third-order valence-corrected chi connectivity index (χ3v) is 8.90. The van der Waals surface area contributed by atoms with Crippen LogP contribution in [0.4, 0.5) is 0 Å². The fourth-order valence-corrected chi connectivity index (χ4v) is 6.88. The van der Waals surface area contributed by atoms with E-state index in [0.717, 1.165) is 18.1 Å². The minimum absolute atomic E-state index is 0.0531.